The van der Waals surface area contributed by atoms with E-state index in [4.69, 9.17) is 0 Å². The molecule has 0 aromatic carbocycles. The van der Waals surface area contributed by atoms with E-state index >= 15 is 0 Å². The van der Waals surface area contributed by atoms with Gasteiger partial charge in [-0.1, -0.05) is 69.6 Å². The molecule has 0 nitrogen and oxygen atoms in total. The fraction of sp³-hybridized carbons (Fsp3) is 0.800. The second-order valence-electron chi connectivity index (χ2n) is 12.7. The lowest BCUT2D eigenvalue weighted by Gasteiger charge is -2.62. The molecule has 0 aromatic heterocycles. The summed E-state index contributed by atoms with van der Waals surface area (Å²) >= 11 is 0. The Bertz CT molecular complexity index is 685. The maximum Gasteiger partial charge on any atom is -0.0149 e. The van der Waals surface area contributed by atoms with Gasteiger partial charge < -0.3 is 0 Å². The molecule has 0 saturated heterocycles. The van der Waals surface area contributed by atoms with Crippen LogP contribution in [0.4, 0.5) is 0 Å². The minimum atomic E-state index is 0.498. The Balaban J connectivity index is 1.62. The molecule has 0 aromatic rings. The van der Waals surface area contributed by atoms with Crippen molar-refractivity contribution in [1.82, 2.24) is 0 Å². The molecule has 170 valence electrons. The van der Waals surface area contributed by atoms with Gasteiger partial charge in [0, 0.05) is 0 Å². The second-order valence-corrected chi connectivity index (χ2v) is 12.7. The topological polar surface area (TPSA) is 0 Å². The van der Waals surface area contributed by atoms with Gasteiger partial charge in [-0.25, -0.2) is 0 Å². The van der Waals surface area contributed by atoms with Crippen molar-refractivity contribution in [3.63, 3.8) is 0 Å². The average molecular weight is 411 g/mol. The SMILES string of the molecule is C=C(CC/C=C(\C)CCC=C(C)C)[C@@H]1CC[C@@H]2[C@@]3(C)CCCC(C)(C)[C@H]3CC[C@]21C. The van der Waals surface area contributed by atoms with Crippen LogP contribution in [-0.4, -0.2) is 0 Å². The molecule has 3 rings (SSSR count). The summed E-state index contributed by atoms with van der Waals surface area (Å²) in [5.74, 6) is 2.59. The lowest BCUT2D eigenvalue weighted by atomic mass is 9.43. The summed E-state index contributed by atoms with van der Waals surface area (Å²) in [6, 6.07) is 0. The number of hydrogen-bond donors (Lipinski definition) is 0. The molecule has 0 aliphatic heterocycles. The Kier molecular flexibility index (Phi) is 7.16. The first kappa shape index (κ1) is 23.9. The summed E-state index contributed by atoms with van der Waals surface area (Å²) in [7, 11) is 0. The highest BCUT2D eigenvalue weighted by molar-refractivity contribution is 5.18. The van der Waals surface area contributed by atoms with Crippen molar-refractivity contribution in [2.75, 3.05) is 0 Å². The molecular weight excluding hydrogens is 360 g/mol. The van der Waals surface area contributed by atoms with Crippen LogP contribution in [0.2, 0.25) is 0 Å². The molecule has 0 radical (unpaired) electrons. The lowest BCUT2D eigenvalue weighted by molar-refractivity contribution is -0.123. The predicted octanol–water partition coefficient (Wildman–Crippen LogP) is 9.67. The summed E-state index contributed by atoms with van der Waals surface area (Å²) in [6.45, 7) is 21.8. The number of hydrogen-bond acceptors (Lipinski definition) is 0. The van der Waals surface area contributed by atoms with Crippen LogP contribution in [0.5, 0.6) is 0 Å². The van der Waals surface area contributed by atoms with E-state index in [2.05, 4.69) is 67.2 Å². The van der Waals surface area contributed by atoms with Gasteiger partial charge in [0.15, 0.2) is 0 Å². The maximum absolute atomic E-state index is 4.67. The molecular formula is C30H50. The highest BCUT2D eigenvalue weighted by atomic mass is 14.7. The highest BCUT2D eigenvalue weighted by Gasteiger charge is 2.62. The monoisotopic (exact) mass is 410 g/mol. The first-order chi connectivity index (χ1) is 14.0. The number of allylic oxidation sites excluding steroid dienone is 5. The summed E-state index contributed by atoms with van der Waals surface area (Å²) in [5, 5.41) is 0. The minimum absolute atomic E-state index is 0.498. The van der Waals surface area contributed by atoms with Gasteiger partial charge >= 0.3 is 0 Å². The van der Waals surface area contributed by atoms with Gasteiger partial charge in [0.2, 0.25) is 0 Å². The molecule has 0 unspecified atom stereocenters. The standard InChI is InChI=1S/C30H50/c1-22(2)12-9-13-23(3)14-10-15-24(4)25-16-17-27-29(25,7)21-18-26-28(5,6)19-11-20-30(26,27)8/h12,14,25-27H,4,9-11,13,15-21H2,1-3,5-8H3/b23-14+/t25-,26+,27-,29-,30-/m0/s1. The molecule has 0 bridgehead atoms. The van der Waals surface area contributed by atoms with Crippen LogP contribution in [0.3, 0.4) is 0 Å². The third-order valence-corrected chi connectivity index (χ3v) is 9.92. The first-order valence-corrected chi connectivity index (χ1v) is 13.0. The summed E-state index contributed by atoms with van der Waals surface area (Å²) in [4.78, 5) is 0. The molecule has 0 heterocycles. The molecule has 3 aliphatic rings. The van der Waals surface area contributed by atoms with Crippen molar-refractivity contribution in [2.24, 2.45) is 34.0 Å². The summed E-state index contributed by atoms with van der Waals surface area (Å²) < 4.78 is 0. The van der Waals surface area contributed by atoms with Crippen LogP contribution in [-0.2, 0) is 0 Å². The second kappa shape index (κ2) is 8.99. The van der Waals surface area contributed by atoms with Crippen molar-refractivity contribution < 1.29 is 0 Å². The number of rotatable bonds is 7. The quantitative estimate of drug-likeness (QED) is 0.366. The van der Waals surface area contributed by atoms with Gasteiger partial charge in [-0.2, -0.15) is 0 Å². The third kappa shape index (κ3) is 4.54. The Morgan fingerprint density at radius 3 is 2.20 bits per heavy atom. The van der Waals surface area contributed by atoms with E-state index in [1.165, 1.54) is 76.2 Å². The normalized spacial score (nSPS) is 38.0. The van der Waals surface area contributed by atoms with Crippen molar-refractivity contribution >= 4 is 0 Å². The van der Waals surface area contributed by atoms with E-state index < -0.39 is 0 Å². The zero-order chi connectivity index (χ0) is 22.2. The van der Waals surface area contributed by atoms with Crippen molar-refractivity contribution in [1.29, 1.82) is 0 Å². The Morgan fingerprint density at radius 2 is 1.50 bits per heavy atom. The van der Waals surface area contributed by atoms with E-state index in [0.29, 0.717) is 16.2 Å². The molecule has 3 fully saturated rings. The van der Waals surface area contributed by atoms with E-state index in [9.17, 15) is 0 Å². The van der Waals surface area contributed by atoms with Crippen LogP contribution < -0.4 is 0 Å². The predicted molar refractivity (Wildman–Crippen MR) is 134 cm³/mol. The van der Waals surface area contributed by atoms with E-state index in [-0.39, 0.29) is 0 Å². The zero-order valence-corrected chi connectivity index (χ0v) is 21.4. The zero-order valence-electron chi connectivity index (χ0n) is 21.4. The van der Waals surface area contributed by atoms with Gasteiger partial charge in [-0.3, -0.25) is 0 Å². The largest absolute Gasteiger partial charge is 0.0995 e. The molecule has 3 aliphatic carbocycles. The van der Waals surface area contributed by atoms with Crippen LogP contribution in [0, 0.1) is 34.0 Å². The summed E-state index contributed by atoms with van der Waals surface area (Å²) in [6.07, 6.45) is 19.7. The van der Waals surface area contributed by atoms with Crippen molar-refractivity contribution in [2.45, 2.75) is 119 Å². The molecule has 0 N–H and O–H groups in total. The van der Waals surface area contributed by atoms with Crippen LogP contribution in [0.25, 0.3) is 0 Å². The van der Waals surface area contributed by atoms with Crippen LogP contribution in [0.1, 0.15) is 119 Å². The Morgan fingerprint density at radius 1 is 0.800 bits per heavy atom. The van der Waals surface area contributed by atoms with Crippen LogP contribution >= 0.6 is 0 Å². The van der Waals surface area contributed by atoms with Gasteiger partial charge in [0.25, 0.3) is 0 Å². The molecule has 0 heteroatoms. The van der Waals surface area contributed by atoms with E-state index in [1.54, 1.807) is 11.1 Å². The highest BCUT2D eigenvalue weighted by Crippen LogP contribution is 2.70. The van der Waals surface area contributed by atoms with E-state index in [1.807, 2.05) is 0 Å². The van der Waals surface area contributed by atoms with Gasteiger partial charge in [0.05, 0.1) is 0 Å². The molecule has 3 saturated carbocycles. The molecule has 5 atom stereocenters. The molecule has 0 amide bonds. The fourth-order valence-corrected chi connectivity index (χ4v) is 8.47. The molecule has 30 heavy (non-hydrogen) atoms. The third-order valence-electron chi connectivity index (χ3n) is 9.92. The molecule has 0 spiro atoms. The van der Waals surface area contributed by atoms with E-state index in [0.717, 1.165) is 17.8 Å². The summed E-state index contributed by atoms with van der Waals surface area (Å²) in [5.41, 5.74) is 6.14. The van der Waals surface area contributed by atoms with Crippen LogP contribution in [0.15, 0.2) is 35.5 Å². The van der Waals surface area contributed by atoms with Gasteiger partial charge in [-0.15, -0.1) is 0 Å². The number of fused-ring (bicyclic) bond motifs is 3. The maximum atomic E-state index is 4.67. The van der Waals surface area contributed by atoms with Gasteiger partial charge in [-0.05, 0) is 119 Å². The van der Waals surface area contributed by atoms with Gasteiger partial charge in [0.1, 0.15) is 0 Å². The minimum Gasteiger partial charge on any atom is -0.0995 e. The lowest BCUT2D eigenvalue weighted by Crippen LogP contribution is -2.54. The fourth-order valence-electron chi connectivity index (χ4n) is 8.47. The average Bonchev–Trinajstić information content (AvgIpc) is 2.99. The van der Waals surface area contributed by atoms with Crippen molar-refractivity contribution in [3.05, 3.63) is 35.5 Å². The first-order valence-electron chi connectivity index (χ1n) is 13.0. The smallest absolute Gasteiger partial charge is 0.0149 e. The van der Waals surface area contributed by atoms with Crippen molar-refractivity contribution in [3.8, 4) is 0 Å². The Labute approximate surface area is 188 Å². The Hall–Kier alpha value is -0.780.